The van der Waals surface area contributed by atoms with Gasteiger partial charge in [-0.3, -0.25) is 9.69 Å². The van der Waals surface area contributed by atoms with Crippen LogP contribution in [0.25, 0.3) is 21.3 Å². The number of piperazine rings is 1. The number of aromatic carboxylic acids is 1. The number of azide groups is 1. The zero-order valence-electron chi connectivity index (χ0n) is 16.5. The van der Waals surface area contributed by atoms with E-state index in [-0.39, 0.29) is 17.0 Å². The van der Waals surface area contributed by atoms with Crippen molar-refractivity contribution in [3.05, 3.63) is 50.4 Å². The zero-order chi connectivity index (χ0) is 21.3. The quantitative estimate of drug-likeness (QED) is 0.324. The standard InChI is InChI=1S/C20H23FN6O3/c21-16-10-14-17(27(13-2-3-13)12-15(19(14)28)20(29)30)11-18(16)26-8-6-25(7-9-26)5-1-4-23-24-22/h10-13H,1-9H2,(H,29,30). The lowest BCUT2D eigenvalue weighted by atomic mass is 10.1. The van der Waals surface area contributed by atoms with Gasteiger partial charge >= 0.3 is 5.97 Å². The number of benzene rings is 1. The number of pyridine rings is 1. The molecule has 0 amide bonds. The molecule has 2 aliphatic rings. The van der Waals surface area contributed by atoms with Crippen LogP contribution in [0.4, 0.5) is 10.1 Å². The Morgan fingerprint density at radius 1 is 1.27 bits per heavy atom. The number of carboxylic acid groups (broad SMARTS) is 1. The van der Waals surface area contributed by atoms with Gasteiger partial charge in [0.1, 0.15) is 11.4 Å². The van der Waals surface area contributed by atoms with Crippen molar-refractivity contribution in [3.8, 4) is 0 Å². The van der Waals surface area contributed by atoms with Crippen LogP contribution in [0.1, 0.15) is 35.7 Å². The van der Waals surface area contributed by atoms with E-state index >= 15 is 0 Å². The number of carbonyl (C=O) groups is 1. The predicted octanol–water partition coefficient (Wildman–Crippen LogP) is 3.00. The summed E-state index contributed by atoms with van der Waals surface area (Å²) in [4.78, 5) is 31.0. The first kappa shape index (κ1) is 20.2. The molecule has 1 N–H and O–H groups in total. The molecule has 2 aromatic rings. The van der Waals surface area contributed by atoms with Gasteiger partial charge in [0.05, 0.1) is 11.2 Å². The Bertz CT molecular complexity index is 1080. The van der Waals surface area contributed by atoms with Crippen LogP contribution in [0.2, 0.25) is 0 Å². The van der Waals surface area contributed by atoms with E-state index in [9.17, 15) is 19.1 Å². The second-order valence-corrected chi connectivity index (χ2v) is 7.77. The fraction of sp³-hybridized carbons (Fsp3) is 0.500. The van der Waals surface area contributed by atoms with Crippen LogP contribution in [0.5, 0.6) is 0 Å². The van der Waals surface area contributed by atoms with Crippen LogP contribution in [0.3, 0.4) is 0 Å². The molecule has 1 aliphatic heterocycles. The predicted molar refractivity (Wildman–Crippen MR) is 111 cm³/mol. The lowest BCUT2D eigenvalue weighted by Crippen LogP contribution is -2.47. The molecule has 2 heterocycles. The second kappa shape index (κ2) is 8.33. The highest BCUT2D eigenvalue weighted by Gasteiger charge is 2.28. The molecule has 1 saturated carbocycles. The smallest absolute Gasteiger partial charge is 0.341 e. The molecule has 1 aliphatic carbocycles. The molecule has 4 rings (SSSR count). The fourth-order valence-corrected chi connectivity index (χ4v) is 4.03. The van der Waals surface area contributed by atoms with Crippen LogP contribution < -0.4 is 10.3 Å². The van der Waals surface area contributed by atoms with Crippen molar-refractivity contribution in [2.75, 3.05) is 44.2 Å². The molecule has 9 nitrogen and oxygen atoms in total. The molecule has 0 unspecified atom stereocenters. The summed E-state index contributed by atoms with van der Waals surface area (Å²) in [5.74, 6) is -1.81. The summed E-state index contributed by atoms with van der Waals surface area (Å²) in [6, 6.07) is 3.02. The van der Waals surface area contributed by atoms with E-state index in [0.29, 0.717) is 30.8 Å². The fourth-order valence-electron chi connectivity index (χ4n) is 4.03. The largest absolute Gasteiger partial charge is 0.477 e. The Balaban J connectivity index is 1.60. The van der Waals surface area contributed by atoms with Crippen molar-refractivity contribution in [2.24, 2.45) is 5.11 Å². The highest BCUT2D eigenvalue weighted by atomic mass is 19.1. The highest BCUT2D eigenvalue weighted by molar-refractivity contribution is 5.93. The molecule has 2 fully saturated rings. The van der Waals surface area contributed by atoms with E-state index < -0.39 is 17.2 Å². The second-order valence-electron chi connectivity index (χ2n) is 7.77. The minimum Gasteiger partial charge on any atom is -0.477 e. The summed E-state index contributed by atoms with van der Waals surface area (Å²) >= 11 is 0. The maximum Gasteiger partial charge on any atom is 0.341 e. The molecular formula is C20H23FN6O3. The number of hydrogen-bond donors (Lipinski definition) is 1. The average molecular weight is 414 g/mol. The number of carboxylic acids is 1. The number of rotatable bonds is 7. The Morgan fingerprint density at radius 3 is 2.63 bits per heavy atom. The summed E-state index contributed by atoms with van der Waals surface area (Å²) in [5, 5.41) is 13.0. The van der Waals surface area contributed by atoms with E-state index in [1.165, 1.54) is 12.3 Å². The number of fused-ring (bicyclic) bond motifs is 1. The average Bonchev–Trinajstić information content (AvgIpc) is 3.57. The first-order valence-corrected chi connectivity index (χ1v) is 10.1. The third-order valence-corrected chi connectivity index (χ3v) is 5.78. The van der Waals surface area contributed by atoms with Gasteiger partial charge in [0.15, 0.2) is 0 Å². The Labute approximate surface area is 171 Å². The first-order chi connectivity index (χ1) is 14.5. The number of aromatic nitrogens is 1. The van der Waals surface area contributed by atoms with Crippen LogP contribution in [-0.4, -0.2) is 59.8 Å². The monoisotopic (exact) mass is 414 g/mol. The van der Waals surface area contributed by atoms with Crippen molar-refractivity contribution < 1.29 is 14.3 Å². The van der Waals surface area contributed by atoms with E-state index in [2.05, 4.69) is 14.9 Å². The Morgan fingerprint density at radius 2 is 2.00 bits per heavy atom. The molecule has 1 aromatic heterocycles. The summed E-state index contributed by atoms with van der Waals surface area (Å²) in [6.07, 6.45) is 4.01. The maximum atomic E-state index is 15.0. The van der Waals surface area contributed by atoms with Crippen LogP contribution in [0, 0.1) is 5.82 Å². The van der Waals surface area contributed by atoms with Crippen molar-refractivity contribution in [2.45, 2.75) is 25.3 Å². The molecular weight excluding hydrogens is 391 g/mol. The van der Waals surface area contributed by atoms with Crippen molar-refractivity contribution in [1.29, 1.82) is 0 Å². The topological polar surface area (TPSA) is 115 Å². The van der Waals surface area contributed by atoms with Gasteiger partial charge in [-0.2, -0.15) is 0 Å². The van der Waals surface area contributed by atoms with E-state index in [1.807, 2.05) is 9.47 Å². The summed E-state index contributed by atoms with van der Waals surface area (Å²) in [6.45, 7) is 4.11. The lowest BCUT2D eigenvalue weighted by Gasteiger charge is -2.36. The molecule has 0 spiro atoms. The SMILES string of the molecule is [N-]=[N+]=NCCCN1CCN(c2cc3c(cc2F)c(=O)c(C(=O)O)cn3C2CC2)CC1. The molecule has 0 atom stereocenters. The Kier molecular flexibility index (Phi) is 5.61. The number of halogens is 1. The van der Waals surface area contributed by atoms with Gasteiger partial charge < -0.3 is 14.6 Å². The molecule has 10 heteroatoms. The van der Waals surface area contributed by atoms with Crippen LogP contribution in [-0.2, 0) is 0 Å². The van der Waals surface area contributed by atoms with E-state index in [4.69, 9.17) is 5.53 Å². The molecule has 158 valence electrons. The van der Waals surface area contributed by atoms with Gasteiger partial charge in [0.2, 0.25) is 5.43 Å². The third kappa shape index (κ3) is 3.96. The summed E-state index contributed by atoms with van der Waals surface area (Å²) in [7, 11) is 0. The summed E-state index contributed by atoms with van der Waals surface area (Å²) in [5.41, 5.74) is 8.38. The zero-order valence-corrected chi connectivity index (χ0v) is 16.5. The van der Waals surface area contributed by atoms with Gasteiger partial charge in [-0.25, -0.2) is 9.18 Å². The van der Waals surface area contributed by atoms with Gasteiger partial charge in [0.25, 0.3) is 0 Å². The van der Waals surface area contributed by atoms with Gasteiger partial charge in [0, 0.05) is 55.3 Å². The maximum absolute atomic E-state index is 15.0. The Hall–Kier alpha value is -3.10. The van der Waals surface area contributed by atoms with Gasteiger partial charge in [-0.05, 0) is 43.5 Å². The lowest BCUT2D eigenvalue weighted by molar-refractivity contribution is 0.0695. The van der Waals surface area contributed by atoms with Crippen molar-refractivity contribution >= 4 is 22.6 Å². The van der Waals surface area contributed by atoms with Crippen molar-refractivity contribution in [1.82, 2.24) is 9.47 Å². The minimum absolute atomic E-state index is 0.111. The van der Waals surface area contributed by atoms with Crippen molar-refractivity contribution in [3.63, 3.8) is 0 Å². The highest BCUT2D eigenvalue weighted by Crippen LogP contribution is 2.38. The normalized spacial score (nSPS) is 17.2. The molecule has 1 saturated heterocycles. The van der Waals surface area contributed by atoms with E-state index in [1.54, 1.807) is 6.07 Å². The third-order valence-electron chi connectivity index (χ3n) is 5.78. The number of nitrogens with zero attached hydrogens (tertiary/aromatic N) is 6. The molecule has 0 bridgehead atoms. The number of hydrogen-bond acceptors (Lipinski definition) is 5. The van der Waals surface area contributed by atoms with Gasteiger partial charge in [-0.15, -0.1) is 0 Å². The minimum atomic E-state index is -1.29. The van der Waals surface area contributed by atoms with Crippen LogP contribution >= 0.6 is 0 Å². The molecule has 30 heavy (non-hydrogen) atoms. The summed E-state index contributed by atoms with van der Waals surface area (Å²) < 4.78 is 16.8. The van der Waals surface area contributed by atoms with Gasteiger partial charge in [-0.1, -0.05) is 5.11 Å². The van der Waals surface area contributed by atoms with Crippen LogP contribution in [0.15, 0.2) is 28.2 Å². The number of anilines is 1. The van der Waals surface area contributed by atoms with E-state index in [0.717, 1.165) is 38.9 Å². The molecule has 0 radical (unpaired) electrons. The first-order valence-electron chi connectivity index (χ1n) is 10.1. The molecule has 1 aromatic carbocycles.